The van der Waals surface area contributed by atoms with Crippen molar-refractivity contribution < 1.29 is 9.47 Å². The highest BCUT2D eigenvalue weighted by Gasteiger charge is 2.44. The second-order valence-electron chi connectivity index (χ2n) is 6.76. The molecule has 1 N–H and O–H groups in total. The second kappa shape index (κ2) is 6.11. The van der Waals surface area contributed by atoms with Gasteiger partial charge < -0.3 is 14.8 Å². The molecule has 3 fully saturated rings. The van der Waals surface area contributed by atoms with Crippen molar-refractivity contribution in [2.45, 2.75) is 75.5 Å². The monoisotopic (exact) mass is 267 g/mol. The number of hydrogen-bond acceptors (Lipinski definition) is 3. The molecule has 3 unspecified atom stereocenters. The smallest absolute Gasteiger partial charge is 0.0685 e. The van der Waals surface area contributed by atoms with E-state index >= 15 is 0 Å². The molecule has 2 saturated heterocycles. The summed E-state index contributed by atoms with van der Waals surface area (Å²) in [4.78, 5) is 0. The molecule has 1 saturated carbocycles. The molecule has 19 heavy (non-hydrogen) atoms. The minimum Gasteiger partial charge on any atom is -0.378 e. The van der Waals surface area contributed by atoms with Crippen LogP contribution < -0.4 is 5.32 Å². The van der Waals surface area contributed by atoms with Crippen LogP contribution in [-0.4, -0.2) is 38.0 Å². The lowest BCUT2D eigenvalue weighted by Crippen LogP contribution is -2.50. The van der Waals surface area contributed by atoms with Crippen LogP contribution in [0.5, 0.6) is 0 Å². The molecule has 110 valence electrons. The lowest BCUT2D eigenvalue weighted by molar-refractivity contribution is -0.148. The Bertz CT molecular complexity index is 284. The third-order valence-corrected chi connectivity index (χ3v) is 5.53. The first-order valence-electron chi connectivity index (χ1n) is 8.24. The van der Waals surface area contributed by atoms with Crippen molar-refractivity contribution in [3.63, 3.8) is 0 Å². The van der Waals surface area contributed by atoms with E-state index in [4.69, 9.17) is 9.47 Å². The average molecular weight is 267 g/mol. The van der Waals surface area contributed by atoms with E-state index in [2.05, 4.69) is 12.4 Å². The van der Waals surface area contributed by atoms with E-state index < -0.39 is 0 Å². The van der Waals surface area contributed by atoms with E-state index in [-0.39, 0.29) is 5.60 Å². The van der Waals surface area contributed by atoms with E-state index in [1.807, 2.05) is 0 Å². The van der Waals surface area contributed by atoms with Crippen LogP contribution >= 0.6 is 0 Å². The van der Waals surface area contributed by atoms with Gasteiger partial charge in [0, 0.05) is 19.3 Å². The lowest BCUT2D eigenvalue weighted by atomic mass is 9.70. The molecule has 0 aromatic rings. The summed E-state index contributed by atoms with van der Waals surface area (Å²) in [5.74, 6) is 0.782. The number of nitrogens with one attached hydrogen (secondary N) is 1. The Kier molecular flexibility index (Phi) is 4.45. The molecule has 3 heteroatoms. The molecule has 3 nitrogen and oxygen atoms in total. The van der Waals surface area contributed by atoms with Gasteiger partial charge in [-0.25, -0.2) is 0 Å². The van der Waals surface area contributed by atoms with Crippen molar-refractivity contribution in [1.82, 2.24) is 5.32 Å². The van der Waals surface area contributed by atoms with Gasteiger partial charge in [-0.2, -0.15) is 0 Å². The van der Waals surface area contributed by atoms with Gasteiger partial charge in [0.05, 0.1) is 11.7 Å². The van der Waals surface area contributed by atoms with E-state index in [9.17, 15) is 0 Å². The Morgan fingerprint density at radius 2 is 2.05 bits per heavy atom. The fraction of sp³-hybridized carbons (Fsp3) is 1.00. The van der Waals surface area contributed by atoms with Gasteiger partial charge in [-0.1, -0.05) is 0 Å². The van der Waals surface area contributed by atoms with Crippen LogP contribution in [0, 0.1) is 5.92 Å². The predicted molar refractivity (Wildman–Crippen MR) is 76.3 cm³/mol. The summed E-state index contributed by atoms with van der Waals surface area (Å²) >= 11 is 0. The first kappa shape index (κ1) is 13.8. The normalized spacial score (nSPS) is 35.8. The zero-order valence-electron chi connectivity index (χ0n) is 12.3. The summed E-state index contributed by atoms with van der Waals surface area (Å²) in [6, 6.07) is 0.615. The van der Waals surface area contributed by atoms with Gasteiger partial charge in [-0.15, -0.1) is 0 Å². The Balaban J connectivity index is 1.54. The average Bonchev–Trinajstić information content (AvgIpc) is 2.44. The zero-order valence-corrected chi connectivity index (χ0v) is 12.3. The van der Waals surface area contributed by atoms with Gasteiger partial charge in [-0.3, -0.25) is 0 Å². The molecule has 2 heterocycles. The molecule has 0 radical (unpaired) electrons. The van der Waals surface area contributed by atoms with Gasteiger partial charge in [0.2, 0.25) is 0 Å². The van der Waals surface area contributed by atoms with Crippen molar-refractivity contribution in [1.29, 1.82) is 0 Å². The minimum absolute atomic E-state index is 0.269. The quantitative estimate of drug-likeness (QED) is 0.849. The SMILES string of the molecule is CNC(CC1CCCCO1)C1CCOC2(CCC2)C1. The van der Waals surface area contributed by atoms with E-state index in [1.54, 1.807) is 0 Å². The molecule has 2 aliphatic heterocycles. The Hall–Kier alpha value is -0.120. The highest BCUT2D eigenvalue weighted by atomic mass is 16.5. The maximum atomic E-state index is 6.06. The zero-order chi connectivity index (χ0) is 13.1. The molecular weight excluding hydrogens is 238 g/mol. The molecule has 3 rings (SSSR count). The van der Waals surface area contributed by atoms with Crippen LogP contribution in [0.15, 0.2) is 0 Å². The fourth-order valence-electron chi connectivity index (χ4n) is 4.15. The van der Waals surface area contributed by atoms with Gasteiger partial charge >= 0.3 is 0 Å². The predicted octanol–water partition coefficient (Wildman–Crippen LogP) is 2.88. The molecule has 1 spiro atoms. The summed E-state index contributed by atoms with van der Waals surface area (Å²) < 4.78 is 12.0. The first-order chi connectivity index (χ1) is 9.31. The Labute approximate surface area is 117 Å². The highest BCUT2D eigenvalue weighted by Crippen LogP contribution is 2.45. The topological polar surface area (TPSA) is 30.5 Å². The third kappa shape index (κ3) is 3.14. The van der Waals surface area contributed by atoms with Gasteiger partial charge in [0.1, 0.15) is 0 Å². The number of ether oxygens (including phenoxy) is 2. The van der Waals surface area contributed by atoms with Crippen LogP contribution in [0.3, 0.4) is 0 Å². The highest BCUT2D eigenvalue weighted by molar-refractivity contribution is 4.96. The van der Waals surface area contributed by atoms with Crippen molar-refractivity contribution in [3.8, 4) is 0 Å². The van der Waals surface area contributed by atoms with E-state index in [0.29, 0.717) is 12.1 Å². The van der Waals surface area contributed by atoms with Crippen LogP contribution in [0.25, 0.3) is 0 Å². The van der Waals surface area contributed by atoms with Crippen LogP contribution in [-0.2, 0) is 9.47 Å². The summed E-state index contributed by atoms with van der Waals surface area (Å²) in [6.07, 6.45) is 12.0. The van der Waals surface area contributed by atoms with Crippen LogP contribution in [0.1, 0.15) is 57.8 Å². The summed E-state index contributed by atoms with van der Waals surface area (Å²) in [5.41, 5.74) is 0.269. The summed E-state index contributed by atoms with van der Waals surface area (Å²) in [6.45, 7) is 1.94. The van der Waals surface area contributed by atoms with Gasteiger partial charge in [0.25, 0.3) is 0 Å². The van der Waals surface area contributed by atoms with Crippen molar-refractivity contribution >= 4 is 0 Å². The maximum absolute atomic E-state index is 6.06. The van der Waals surface area contributed by atoms with Gasteiger partial charge in [-0.05, 0) is 70.8 Å². The Morgan fingerprint density at radius 1 is 1.16 bits per heavy atom. The van der Waals surface area contributed by atoms with Crippen molar-refractivity contribution in [2.24, 2.45) is 5.92 Å². The number of hydrogen-bond donors (Lipinski definition) is 1. The van der Waals surface area contributed by atoms with Gasteiger partial charge in [0.15, 0.2) is 0 Å². The molecule has 0 aromatic heterocycles. The number of rotatable bonds is 4. The van der Waals surface area contributed by atoms with E-state index in [0.717, 1.165) is 19.1 Å². The molecule has 0 bridgehead atoms. The molecule has 0 amide bonds. The first-order valence-corrected chi connectivity index (χ1v) is 8.24. The Morgan fingerprint density at radius 3 is 2.68 bits per heavy atom. The largest absolute Gasteiger partial charge is 0.378 e. The van der Waals surface area contributed by atoms with Crippen LogP contribution in [0.4, 0.5) is 0 Å². The summed E-state index contributed by atoms with van der Waals surface area (Å²) in [5, 5.41) is 3.57. The van der Waals surface area contributed by atoms with Crippen molar-refractivity contribution in [2.75, 3.05) is 20.3 Å². The lowest BCUT2D eigenvalue weighted by Gasteiger charge is -2.49. The molecule has 1 aliphatic carbocycles. The second-order valence-corrected chi connectivity index (χ2v) is 6.76. The maximum Gasteiger partial charge on any atom is 0.0685 e. The van der Waals surface area contributed by atoms with Crippen LogP contribution in [0.2, 0.25) is 0 Å². The molecule has 3 aliphatic rings. The molecule has 3 atom stereocenters. The standard InChI is InChI=1S/C16H29NO2/c1-17-15(11-14-5-2-3-9-18-14)13-6-10-19-16(12-13)7-4-8-16/h13-15,17H,2-12H2,1H3. The fourth-order valence-corrected chi connectivity index (χ4v) is 4.15. The molecular formula is C16H29NO2. The minimum atomic E-state index is 0.269. The van der Waals surface area contributed by atoms with E-state index in [1.165, 1.54) is 57.8 Å². The van der Waals surface area contributed by atoms with Crippen molar-refractivity contribution in [3.05, 3.63) is 0 Å². The molecule has 0 aromatic carbocycles. The summed E-state index contributed by atoms with van der Waals surface area (Å²) in [7, 11) is 2.12. The third-order valence-electron chi connectivity index (χ3n) is 5.53.